The lowest BCUT2D eigenvalue weighted by atomic mass is 9.91. The number of ether oxygens (including phenoxy) is 1. The molecule has 0 amide bonds. The Morgan fingerprint density at radius 1 is 0.439 bits per heavy atom. The SMILES string of the molecule is O=C(O)CCS.O=C(O)CCS.O=C(O)CCS.O=C(O)CCS.OCC(CO)(CO)COCC(CO)(CO)CO. The topological polar surface area (TPSA) is 280 Å². The molecule has 0 unspecified atom stereocenters. The van der Waals surface area contributed by atoms with Gasteiger partial charge in [-0.15, -0.1) is 0 Å². The number of hydrogen-bond acceptors (Lipinski definition) is 15. The summed E-state index contributed by atoms with van der Waals surface area (Å²) in [6, 6.07) is 0. The Kier molecular flexibility index (Phi) is 42.6. The Balaban J connectivity index is -0.000000149. The van der Waals surface area contributed by atoms with Gasteiger partial charge in [-0.2, -0.15) is 50.5 Å². The van der Waals surface area contributed by atoms with E-state index in [1.54, 1.807) is 0 Å². The number of thiol groups is 4. The quantitative estimate of drug-likeness (QED) is 0.0734. The third kappa shape index (κ3) is 39.0. The van der Waals surface area contributed by atoms with Gasteiger partial charge in [-0.1, -0.05) is 0 Å². The predicted octanol–water partition coefficient (Wildman–Crippen LogP) is -1.51. The zero-order valence-electron chi connectivity index (χ0n) is 22.6. The molecule has 0 aliphatic carbocycles. The van der Waals surface area contributed by atoms with Gasteiger partial charge in [-0.25, -0.2) is 0 Å². The molecule has 15 nitrogen and oxygen atoms in total. The van der Waals surface area contributed by atoms with Gasteiger partial charge in [-0.3, -0.25) is 19.2 Å². The Hall–Kier alpha value is -1.00. The lowest BCUT2D eigenvalue weighted by Crippen LogP contribution is -2.43. The van der Waals surface area contributed by atoms with Crippen LogP contribution in [-0.2, 0) is 23.9 Å². The Labute approximate surface area is 261 Å². The predicted molar refractivity (Wildman–Crippen MR) is 163 cm³/mol. The standard InChI is InChI=1S/C10H22O7.4C3H6O2S/c11-1-9(2-12,3-13)7-17-8-10(4-14,5-15)6-16;4*4-3(5)1-2-6/h11-16H,1-8H2;4*6H,1-2H2,(H,4,5). The molecule has 0 bridgehead atoms. The van der Waals surface area contributed by atoms with Crippen LogP contribution in [0.5, 0.6) is 0 Å². The minimum atomic E-state index is -1.16. The van der Waals surface area contributed by atoms with Gasteiger partial charge in [0.05, 0.1) is 89.4 Å². The average Bonchev–Trinajstić information content (AvgIpc) is 2.91. The van der Waals surface area contributed by atoms with Crippen LogP contribution < -0.4 is 0 Å². The first-order valence-corrected chi connectivity index (χ1v) is 14.2. The number of carboxylic acids is 4. The fraction of sp³-hybridized carbons (Fsp3) is 0.818. The molecule has 0 aromatic rings. The Morgan fingerprint density at radius 3 is 0.683 bits per heavy atom. The van der Waals surface area contributed by atoms with Crippen molar-refractivity contribution in [1.29, 1.82) is 0 Å². The van der Waals surface area contributed by atoms with E-state index < -0.39 is 74.3 Å². The number of carboxylic acid groups (broad SMARTS) is 4. The number of aliphatic hydroxyl groups excluding tert-OH is 6. The van der Waals surface area contributed by atoms with Gasteiger partial charge >= 0.3 is 23.9 Å². The fourth-order valence-corrected chi connectivity index (χ4v) is 2.21. The first-order valence-electron chi connectivity index (χ1n) is 11.7. The minimum Gasteiger partial charge on any atom is -0.481 e. The monoisotopic (exact) mass is 678 g/mol. The van der Waals surface area contributed by atoms with E-state index in [0.29, 0.717) is 23.0 Å². The van der Waals surface area contributed by atoms with E-state index in [-0.39, 0.29) is 38.9 Å². The van der Waals surface area contributed by atoms with Crippen LogP contribution in [0.3, 0.4) is 0 Å². The summed E-state index contributed by atoms with van der Waals surface area (Å²) in [5.41, 5.74) is -2.32. The van der Waals surface area contributed by atoms with Crippen molar-refractivity contribution in [1.82, 2.24) is 0 Å². The zero-order valence-corrected chi connectivity index (χ0v) is 26.2. The second-order valence-corrected chi connectivity index (χ2v) is 9.70. The van der Waals surface area contributed by atoms with Crippen LogP contribution in [0, 0.1) is 10.8 Å². The van der Waals surface area contributed by atoms with Crippen molar-refractivity contribution in [2.45, 2.75) is 25.7 Å². The highest BCUT2D eigenvalue weighted by molar-refractivity contribution is 7.80. The Morgan fingerprint density at radius 2 is 0.610 bits per heavy atom. The molecule has 41 heavy (non-hydrogen) atoms. The summed E-state index contributed by atoms with van der Waals surface area (Å²) in [6.45, 7) is -3.01. The maximum absolute atomic E-state index is 9.55. The second kappa shape index (κ2) is 35.2. The summed E-state index contributed by atoms with van der Waals surface area (Å²) in [5, 5.41) is 85.6. The highest BCUT2D eigenvalue weighted by Crippen LogP contribution is 2.19. The van der Waals surface area contributed by atoms with Crippen molar-refractivity contribution in [3.63, 3.8) is 0 Å². The summed E-state index contributed by atoms with van der Waals surface area (Å²) in [6.07, 6.45) is 0.623. The van der Waals surface area contributed by atoms with Crippen LogP contribution >= 0.6 is 50.5 Å². The normalized spacial score (nSPS) is 10.2. The molecule has 0 aromatic heterocycles. The first-order chi connectivity index (χ1) is 19.2. The summed E-state index contributed by atoms with van der Waals surface area (Å²) in [5.74, 6) is -1.44. The van der Waals surface area contributed by atoms with Gasteiger partial charge in [-0.05, 0) is 0 Å². The third-order valence-electron chi connectivity index (χ3n) is 4.13. The molecule has 0 aliphatic rings. The number of rotatable bonds is 18. The van der Waals surface area contributed by atoms with Crippen LogP contribution in [0.15, 0.2) is 0 Å². The van der Waals surface area contributed by atoms with Crippen molar-refractivity contribution < 1.29 is 75.0 Å². The van der Waals surface area contributed by atoms with Crippen LogP contribution in [-0.4, -0.2) is 151 Å². The van der Waals surface area contributed by atoms with E-state index in [2.05, 4.69) is 50.5 Å². The molecule has 0 saturated heterocycles. The molecule has 0 radical (unpaired) electrons. The van der Waals surface area contributed by atoms with Gasteiger partial charge in [0, 0.05) is 23.0 Å². The highest BCUT2D eigenvalue weighted by Gasteiger charge is 2.32. The summed E-state index contributed by atoms with van der Waals surface area (Å²) < 4.78 is 5.15. The van der Waals surface area contributed by atoms with E-state index in [4.69, 9.17) is 55.8 Å². The van der Waals surface area contributed by atoms with Crippen LogP contribution in [0.2, 0.25) is 0 Å². The van der Waals surface area contributed by atoms with Crippen molar-refractivity contribution in [2.24, 2.45) is 10.8 Å². The molecule has 0 fully saturated rings. The van der Waals surface area contributed by atoms with Gasteiger partial charge in [0.15, 0.2) is 0 Å². The van der Waals surface area contributed by atoms with Crippen LogP contribution in [0.4, 0.5) is 0 Å². The van der Waals surface area contributed by atoms with Crippen molar-refractivity contribution >= 4 is 74.4 Å². The van der Waals surface area contributed by atoms with Crippen molar-refractivity contribution in [3.05, 3.63) is 0 Å². The fourth-order valence-electron chi connectivity index (χ4n) is 1.44. The lowest BCUT2D eigenvalue weighted by Gasteiger charge is -2.31. The largest absolute Gasteiger partial charge is 0.481 e. The van der Waals surface area contributed by atoms with E-state index in [9.17, 15) is 19.2 Å². The van der Waals surface area contributed by atoms with Gasteiger partial charge in [0.1, 0.15) is 0 Å². The summed E-state index contributed by atoms with van der Waals surface area (Å²) in [4.78, 5) is 38.2. The van der Waals surface area contributed by atoms with Gasteiger partial charge in [0.25, 0.3) is 0 Å². The van der Waals surface area contributed by atoms with Gasteiger partial charge < -0.3 is 55.8 Å². The molecule has 0 rings (SSSR count). The highest BCUT2D eigenvalue weighted by atomic mass is 32.1. The average molecular weight is 679 g/mol. The smallest absolute Gasteiger partial charge is 0.304 e. The number of aliphatic carboxylic acids is 4. The number of aliphatic hydroxyl groups is 6. The Bertz CT molecular complexity index is 534. The van der Waals surface area contributed by atoms with Crippen molar-refractivity contribution in [2.75, 3.05) is 75.9 Å². The molecule has 0 saturated carbocycles. The molecule has 10 N–H and O–H groups in total. The molecule has 0 aliphatic heterocycles. The molecule has 0 heterocycles. The molecular formula is C22H46O15S4. The molecule has 0 atom stereocenters. The molecule has 0 spiro atoms. The van der Waals surface area contributed by atoms with Crippen LogP contribution in [0.25, 0.3) is 0 Å². The summed E-state index contributed by atoms with van der Waals surface area (Å²) >= 11 is 14.7. The minimum absolute atomic E-state index is 0.141. The maximum atomic E-state index is 9.55. The van der Waals surface area contributed by atoms with Gasteiger partial charge in [0.2, 0.25) is 0 Å². The summed E-state index contributed by atoms with van der Waals surface area (Å²) in [7, 11) is 0. The lowest BCUT2D eigenvalue weighted by molar-refractivity contribution is -0.137. The van der Waals surface area contributed by atoms with E-state index in [1.807, 2.05) is 0 Å². The first kappa shape index (κ1) is 49.7. The van der Waals surface area contributed by atoms with Crippen LogP contribution in [0.1, 0.15) is 25.7 Å². The van der Waals surface area contributed by atoms with E-state index in [0.717, 1.165) is 0 Å². The molecular weight excluding hydrogens is 632 g/mol. The molecule has 0 aromatic carbocycles. The number of hydrogen-bond donors (Lipinski definition) is 14. The van der Waals surface area contributed by atoms with Crippen molar-refractivity contribution in [3.8, 4) is 0 Å². The second-order valence-electron chi connectivity index (χ2n) is 7.91. The molecule has 248 valence electrons. The molecule has 19 heteroatoms. The third-order valence-corrected chi connectivity index (χ3v) is 5.03. The number of carbonyl (C=O) groups is 4. The van der Waals surface area contributed by atoms with E-state index in [1.165, 1.54) is 0 Å². The maximum Gasteiger partial charge on any atom is 0.304 e. The van der Waals surface area contributed by atoms with E-state index >= 15 is 0 Å². The zero-order chi connectivity index (χ0) is 33.3.